The van der Waals surface area contributed by atoms with Crippen molar-refractivity contribution in [2.45, 2.75) is 64.4 Å². The van der Waals surface area contributed by atoms with Gasteiger partial charge in [0, 0.05) is 17.1 Å². The number of benzene rings is 1. The van der Waals surface area contributed by atoms with Crippen LogP contribution >= 0.6 is 0 Å². The Morgan fingerprint density at radius 2 is 1.75 bits per heavy atom. The Kier molecular flexibility index (Phi) is 6.13. The summed E-state index contributed by atoms with van der Waals surface area (Å²) in [6.07, 6.45) is 11.5. The molecule has 1 unspecified atom stereocenters. The molecule has 2 N–H and O–H groups in total. The first-order chi connectivity index (χ1) is 9.83. The Bertz CT molecular complexity index is 503. The fourth-order valence-corrected chi connectivity index (χ4v) is 2.85. The predicted molar refractivity (Wildman–Crippen MR) is 85.9 cm³/mol. The molecule has 1 atom stereocenters. The minimum atomic E-state index is -0.329. The van der Waals surface area contributed by atoms with Crippen molar-refractivity contribution < 1.29 is 5.11 Å². The van der Waals surface area contributed by atoms with Crippen LogP contribution in [0.25, 0.3) is 10.9 Å². The van der Waals surface area contributed by atoms with E-state index in [1.54, 1.807) is 0 Å². The van der Waals surface area contributed by atoms with Crippen LogP contribution in [0, 0.1) is 0 Å². The highest BCUT2D eigenvalue weighted by Gasteiger charge is 2.11. The second kappa shape index (κ2) is 8.11. The summed E-state index contributed by atoms with van der Waals surface area (Å²) in [4.78, 5) is 3.20. The van der Waals surface area contributed by atoms with Gasteiger partial charge in [-0.2, -0.15) is 0 Å². The molecule has 0 bridgehead atoms. The van der Waals surface area contributed by atoms with Crippen LogP contribution in [0.1, 0.15) is 70.0 Å². The standard InChI is InChI=1S/C18H27NO/c1-2-3-4-5-6-7-8-12-18(20)16-10-9-11-17-15(16)13-14-19-17/h9-11,13-14,18-20H,2-8,12H2,1H3. The number of aromatic nitrogens is 1. The molecule has 0 amide bonds. The van der Waals surface area contributed by atoms with E-state index in [0.29, 0.717) is 0 Å². The summed E-state index contributed by atoms with van der Waals surface area (Å²) in [5.74, 6) is 0. The Morgan fingerprint density at radius 3 is 2.55 bits per heavy atom. The summed E-state index contributed by atoms with van der Waals surface area (Å²) in [6, 6.07) is 8.17. The third-order valence-electron chi connectivity index (χ3n) is 4.07. The topological polar surface area (TPSA) is 36.0 Å². The third kappa shape index (κ3) is 4.11. The second-order valence-electron chi connectivity index (χ2n) is 5.71. The molecule has 2 aromatic rings. The fraction of sp³-hybridized carbons (Fsp3) is 0.556. The molecule has 0 fully saturated rings. The number of aliphatic hydroxyl groups is 1. The van der Waals surface area contributed by atoms with E-state index in [4.69, 9.17) is 0 Å². The minimum Gasteiger partial charge on any atom is -0.388 e. The zero-order valence-electron chi connectivity index (χ0n) is 12.6. The number of unbranched alkanes of at least 4 members (excludes halogenated alkanes) is 6. The lowest BCUT2D eigenvalue weighted by molar-refractivity contribution is 0.165. The Balaban J connectivity index is 1.75. The number of aliphatic hydroxyl groups excluding tert-OH is 1. The zero-order valence-corrected chi connectivity index (χ0v) is 12.6. The van der Waals surface area contributed by atoms with Crippen molar-refractivity contribution in [2.75, 3.05) is 0 Å². The monoisotopic (exact) mass is 273 g/mol. The highest BCUT2D eigenvalue weighted by atomic mass is 16.3. The summed E-state index contributed by atoms with van der Waals surface area (Å²) in [7, 11) is 0. The van der Waals surface area contributed by atoms with Crippen LogP contribution in [0.2, 0.25) is 0 Å². The number of H-pyrrole nitrogens is 1. The van der Waals surface area contributed by atoms with Crippen LogP contribution in [0.3, 0.4) is 0 Å². The SMILES string of the molecule is CCCCCCCCCC(O)c1cccc2[nH]ccc12. The maximum Gasteiger partial charge on any atom is 0.0796 e. The molecule has 0 saturated heterocycles. The highest BCUT2D eigenvalue weighted by molar-refractivity contribution is 5.83. The maximum atomic E-state index is 10.4. The van der Waals surface area contributed by atoms with Crippen LogP contribution in [-0.4, -0.2) is 10.1 Å². The van der Waals surface area contributed by atoms with E-state index < -0.39 is 0 Å². The Labute approximate surface area is 122 Å². The molecular formula is C18H27NO. The highest BCUT2D eigenvalue weighted by Crippen LogP contribution is 2.27. The van der Waals surface area contributed by atoms with Crippen molar-refractivity contribution in [3.05, 3.63) is 36.0 Å². The average Bonchev–Trinajstić information content (AvgIpc) is 2.94. The summed E-state index contributed by atoms with van der Waals surface area (Å²) in [5, 5.41) is 11.5. The van der Waals surface area contributed by atoms with Gasteiger partial charge in [-0.1, -0.05) is 64.0 Å². The molecular weight excluding hydrogens is 246 g/mol. The molecule has 110 valence electrons. The van der Waals surface area contributed by atoms with Gasteiger partial charge >= 0.3 is 0 Å². The van der Waals surface area contributed by atoms with Gasteiger partial charge in [0.25, 0.3) is 0 Å². The average molecular weight is 273 g/mol. The summed E-state index contributed by atoms with van der Waals surface area (Å²) >= 11 is 0. The number of hydrogen-bond donors (Lipinski definition) is 2. The minimum absolute atomic E-state index is 0.329. The number of nitrogens with one attached hydrogen (secondary N) is 1. The van der Waals surface area contributed by atoms with Crippen molar-refractivity contribution in [3.63, 3.8) is 0 Å². The maximum absolute atomic E-state index is 10.4. The van der Waals surface area contributed by atoms with E-state index in [2.05, 4.69) is 24.0 Å². The first kappa shape index (κ1) is 15.1. The van der Waals surface area contributed by atoms with E-state index in [-0.39, 0.29) is 6.10 Å². The molecule has 2 nitrogen and oxygen atoms in total. The van der Waals surface area contributed by atoms with Crippen LogP contribution in [0.15, 0.2) is 30.5 Å². The lowest BCUT2D eigenvalue weighted by Crippen LogP contribution is -1.98. The van der Waals surface area contributed by atoms with Crippen LogP contribution in [0.4, 0.5) is 0 Å². The molecule has 0 aliphatic carbocycles. The van der Waals surface area contributed by atoms with Gasteiger partial charge in [0.1, 0.15) is 0 Å². The number of aromatic amines is 1. The van der Waals surface area contributed by atoms with Crippen molar-refractivity contribution >= 4 is 10.9 Å². The fourth-order valence-electron chi connectivity index (χ4n) is 2.85. The van der Waals surface area contributed by atoms with Gasteiger partial charge < -0.3 is 10.1 Å². The Hall–Kier alpha value is -1.28. The van der Waals surface area contributed by atoms with Crippen molar-refractivity contribution in [2.24, 2.45) is 0 Å². The van der Waals surface area contributed by atoms with Gasteiger partial charge in [-0.15, -0.1) is 0 Å². The van der Waals surface area contributed by atoms with E-state index in [1.807, 2.05) is 18.3 Å². The Morgan fingerprint density at radius 1 is 1.00 bits per heavy atom. The quantitative estimate of drug-likeness (QED) is 0.594. The molecule has 0 aliphatic rings. The van der Waals surface area contributed by atoms with Gasteiger partial charge in [0.15, 0.2) is 0 Å². The lowest BCUT2D eigenvalue weighted by Gasteiger charge is -2.12. The molecule has 0 aliphatic heterocycles. The number of rotatable bonds is 9. The third-order valence-corrected chi connectivity index (χ3v) is 4.07. The van der Waals surface area contributed by atoms with E-state index >= 15 is 0 Å². The summed E-state index contributed by atoms with van der Waals surface area (Å²) in [5.41, 5.74) is 2.18. The molecule has 20 heavy (non-hydrogen) atoms. The molecule has 1 heterocycles. The van der Waals surface area contributed by atoms with Crippen molar-refractivity contribution in [1.82, 2.24) is 4.98 Å². The molecule has 0 spiro atoms. The van der Waals surface area contributed by atoms with Gasteiger partial charge in [0.05, 0.1) is 6.10 Å². The zero-order chi connectivity index (χ0) is 14.2. The molecule has 1 aromatic heterocycles. The largest absolute Gasteiger partial charge is 0.388 e. The van der Waals surface area contributed by atoms with Crippen LogP contribution in [0.5, 0.6) is 0 Å². The number of hydrogen-bond acceptors (Lipinski definition) is 1. The number of fused-ring (bicyclic) bond motifs is 1. The van der Waals surface area contributed by atoms with Crippen LogP contribution < -0.4 is 0 Å². The van der Waals surface area contributed by atoms with Gasteiger partial charge in [0.2, 0.25) is 0 Å². The van der Waals surface area contributed by atoms with E-state index in [9.17, 15) is 5.11 Å². The predicted octanol–water partition coefficient (Wildman–Crippen LogP) is 5.34. The van der Waals surface area contributed by atoms with E-state index in [0.717, 1.165) is 29.3 Å². The molecule has 2 rings (SSSR count). The van der Waals surface area contributed by atoms with Crippen LogP contribution in [-0.2, 0) is 0 Å². The van der Waals surface area contributed by atoms with Gasteiger partial charge in [-0.05, 0) is 24.1 Å². The van der Waals surface area contributed by atoms with Crippen molar-refractivity contribution in [1.29, 1.82) is 0 Å². The molecule has 1 aromatic carbocycles. The normalized spacial score (nSPS) is 12.9. The lowest BCUT2D eigenvalue weighted by atomic mass is 9.99. The smallest absolute Gasteiger partial charge is 0.0796 e. The van der Waals surface area contributed by atoms with Crippen molar-refractivity contribution in [3.8, 4) is 0 Å². The molecule has 0 radical (unpaired) electrons. The van der Waals surface area contributed by atoms with Gasteiger partial charge in [-0.3, -0.25) is 0 Å². The first-order valence-electron chi connectivity index (χ1n) is 8.07. The molecule has 2 heteroatoms. The first-order valence-corrected chi connectivity index (χ1v) is 8.07. The summed E-state index contributed by atoms with van der Waals surface area (Å²) < 4.78 is 0. The van der Waals surface area contributed by atoms with E-state index in [1.165, 1.54) is 38.5 Å². The second-order valence-corrected chi connectivity index (χ2v) is 5.71. The van der Waals surface area contributed by atoms with Gasteiger partial charge in [-0.25, -0.2) is 0 Å². The molecule has 0 saturated carbocycles. The summed E-state index contributed by atoms with van der Waals surface area (Å²) in [6.45, 7) is 2.25.